The Morgan fingerprint density at radius 3 is 2.48 bits per heavy atom. The van der Waals surface area contributed by atoms with E-state index in [9.17, 15) is 23.9 Å². The van der Waals surface area contributed by atoms with Crippen LogP contribution in [0.25, 0.3) is 0 Å². The van der Waals surface area contributed by atoms with Crippen LogP contribution in [0, 0.1) is 18.2 Å². The van der Waals surface area contributed by atoms with E-state index < -0.39 is 35.7 Å². The van der Waals surface area contributed by atoms with Gasteiger partial charge in [0.05, 0.1) is 0 Å². The van der Waals surface area contributed by atoms with E-state index in [0.29, 0.717) is 12.8 Å². The van der Waals surface area contributed by atoms with Gasteiger partial charge in [0.15, 0.2) is 0 Å². The Hall–Kier alpha value is -2.88. The Morgan fingerprint density at radius 2 is 1.92 bits per heavy atom. The third-order valence-corrected chi connectivity index (χ3v) is 3.50. The van der Waals surface area contributed by atoms with Crippen molar-refractivity contribution >= 4 is 17.8 Å². The average molecular weight is 348 g/mol. The number of halogens is 1. The summed E-state index contributed by atoms with van der Waals surface area (Å²) in [6.45, 7) is 1.23. The standard InChI is InChI=1S/C18H21FN2O4/c1-3-4-5-10-15(18(24)25)21-17(23)16(20-12(2)22)11-13-8-6-7-9-14(13)19/h1,6-9,15-16H,4-5,10-11H2,2H3,(H,20,22)(H,21,23)(H,24,25)/t15-,16+/m1/s1. The quantitative estimate of drug-likeness (QED) is 0.462. The van der Waals surface area contributed by atoms with Gasteiger partial charge in [-0.2, -0.15) is 0 Å². The first-order valence-electron chi connectivity index (χ1n) is 7.82. The van der Waals surface area contributed by atoms with Crippen LogP contribution < -0.4 is 10.6 Å². The Kier molecular flexibility index (Phi) is 8.13. The van der Waals surface area contributed by atoms with Gasteiger partial charge < -0.3 is 15.7 Å². The molecule has 0 aromatic heterocycles. The number of amides is 2. The summed E-state index contributed by atoms with van der Waals surface area (Å²) in [6, 6.07) is 3.66. The fraction of sp³-hybridized carbons (Fsp3) is 0.389. The summed E-state index contributed by atoms with van der Waals surface area (Å²) in [5.41, 5.74) is 0.246. The molecule has 0 bridgehead atoms. The molecule has 25 heavy (non-hydrogen) atoms. The molecule has 6 nitrogen and oxygen atoms in total. The van der Waals surface area contributed by atoms with Gasteiger partial charge in [-0.1, -0.05) is 18.2 Å². The molecule has 0 aliphatic rings. The molecule has 0 saturated heterocycles. The molecule has 0 radical (unpaired) electrons. The van der Waals surface area contributed by atoms with Gasteiger partial charge in [-0.3, -0.25) is 9.59 Å². The number of nitrogens with one attached hydrogen (secondary N) is 2. The van der Waals surface area contributed by atoms with Crippen LogP contribution in [-0.4, -0.2) is 35.0 Å². The highest BCUT2D eigenvalue weighted by atomic mass is 19.1. The van der Waals surface area contributed by atoms with Gasteiger partial charge in [0, 0.05) is 19.8 Å². The highest BCUT2D eigenvalue weighted by Crippen LogP contribution is 2.10. The van der Waals surface area contributed by atoms with Crippen LogP contribution in [-0.2, 0) is 20.8 Å². The Labute approximate surface area is 145 Å². The molecule has 0 unspecified atom stereocenters. The molecule has 1 aromatic rings. The smallest absolute Gasteiger partial charge is 0.326 e. The first-order valence-corrected chi connectivity index (χ1v) is 7.82. The number of rotatable bonds is 9. The lowest BCUT2D eigenvalue weighted by molar-refractivity contribution is -0.142. The fourth-order valence-corrected chi connectivity index (χ4v) is 2.28. The Balaban J connectivity index is 2.84. The van der Waals surface area contributed by atoms with Gasteiger partial charge in [0.1, 0.15) is 17.9 Å². The van der Waals surface area contributed by atoms with Crippen molar-refractivity contribution < 1.29 is 23.9 Å². The van der Waals surface area contributed by atoms with Gasteiger partial charge in [-0.15, -0.1) is 12.3 Å². The number of hydrogen-bond acceptors (Lipinski definition) is 3. The van der Waals surface area contributed by atoms with Crippen LogP contribution in [0.4, 0.5) is 4.39 Å². The zero-order valence-electron chi connectivity index (χ0n) is 13.9. The topological polar surface area (TPSA) is 95.5 Å². The normalized spacial score (nSPS) is 12.5. The maximum atomic E-state index is 13.8. The summed E-state index contributed by atoms with van der Waals surface area (Å²) in [5.74, 6) is -0.467. The lowest BCUT2D eigenvalue weighted by Gasteiger charge is -2.21. The zero-order valence-corrected chi connectivity index (χ0v) is 13.9. The molecule has 0 fully saturated rings. The Morgan fingerprint density at radius 1 is 1.24 bits per heavy atom. The van der Waals surface area contributed by atoms with Crippen molar-refractivity contribution in [2.24, 2.45) is 0 Å². The van der Waals surface area contributed by atoms with Gasteiger partial charge in [-0.05, 0) is 24.5 Å². The number of aliphatic carboxylic acids is 1. The second-order valence-corrected chi connectivity index (χ2v) is 5.54. The molecule has 0 saturated carbocycles. The molecule has 1 aromatic carbocycles. The summed E-state index contributed by atoms with van der Waals surface area (Å²) in [7, 11) is 0. The first-order chi connectivity index (χ1) is 11.8. The maximum Gasteiger partial charge on any atom is 0.326 e. The van der Waals surface area contributed by atoms with Crippen molar-refractivity contribution in [3.05, 3.63) is 35.6 Å². The third kappa shape index (κ3) is 7.04. The molecule has 134 valence electrons. The van der Waals surface area contributed by atoms with Gasteiger partial charge in [0.2, 0.25) is 11.8 Å². The van der Waals surface area contributed by atoms with Gasteiger partial charge in [-0.25, -0.2) is 9.18 Å². The van der Waals surface area contributed by atoms with Crippen LogP contribution in [0.3, 0.4) is 0 Å². The van der Waals surface area contributed by atoms with E-state index >= 15 is 0 Å². The minimum absolute atomic E-state index is 0.0885. The minimum atomic E-state index is -1.20. The highest BCUT2D eigenvalue weighted by Gasteiger charge is 2.26. The van der Waals surface area contributed by atoms with Crippen molar-refractivity contribution in [1.82, 2.24) is 10.6 Å². The molecule has 2 amide bonds. The monoisotopic (exact) mass is 348 g/mol. The van der Waals surface area contributed by atoms with Crippen LogP contribution >= 0.6 is 0 Å². The lowest BCUT2D eigenvalue weighted by Crippen LogP contribution is -2.52. The number of carboxylic acids is 1. The second-order valence-electron chi connectivity index (χ2n) is 5.54. The molecular formula is C18H21FN2O4. The molecule has 0 aliphatic carbocycles. The molecule has 1 rings (SSSR count). The van der Waals surface area contributed by atoms with E-state index in [0.717, 1.165) is 0 Å². The van der Waals surface area contributed by atoms with E-state index in [1.807, 2.05) is 0 Å². The second kappa shape index (κ2) is 10.1. The highest BCUT2D eigenvalue weighted by molar-refractivity contribution is 5.90. The number of unbranched alkanes of at least 4 members (excludes halogenated alkanes) is 1. The fourth-order valence-electron chi connectivity index (χ4n) is 2.28. The molecule has 0 heterocycles. The number of benzene rings is 1. The number of terminal acetylenes is 1. The number of carboxylic acid groups (broad SMARTS) is 1. The maximum absolute atomic E-state index is 13.8. The average Bonchev–Trinajstić information content (AvgIpc) is 2.54. The summed E-state index contributed by atoms with van der Waals surface area (Å²) < 4.78 is 13.8. The number of carbonyl (C=O) groups is 3. The summed E-state index contributed by atoms with van der Waals surface area (Å²) in [4.78, 5) is 35.0. The molecule has 7 heteroatoms. The largest absolute Gasteiger partial charge is 0.480 e. The third-order valence-electron chi connectivity index (χ3n) is 3.50. The zero-order chi connectivity index (χ0) is 18.8. The summed E-state index contributed by atoms with van der Waals surface area (Å²) in [5, 5.41) is 14.0. The number of carbonyl (C=O) groups excluding carboxylic acids is 2. The molecule has 0 spiro atoms. The molecule has 0 aliphatic heterocycles. The predicted molar refractivity (Wildman–Crippen MR) is 90.0 cm³/mol. The lowest BCUT2D eigenvalue weighted by atomic mass is 10.0. The molecule has 3 N–H and O–H groups in total. The van der Waals surface area contributed by atoms with Crippen molar-refractivity contribution in [2.75, 3.05) is 0 Å². The van der Waals surface area contributed by atoms with Crippen molar-refractivity contribution in [3.63, 3.8) is 0 Å². The van der Waals surface area contributed by atoms with Gasteiger partial charge >= 0.3 is 5.97 Å². The van der Waals surface area contributed by atoms with Crippen LogP contribution in [0.1, 0.15) is 31.7 Å². The first kappa shape index (κ1) is 20.2. The van der Waals surface area contributed by atoms with E-state index in [1.165, 1.54) is 25.1 Å². The van der Waals surface area contributed by atoms with E-state index in [2.05, 4.69) is 16.6 Å². The van der Waals surface area contributed by atoms with E-state index in [1.54, 1.807) is 6.07 Å². The Bertz CT molecular complexity index is 669. The summed E-state index contributed by atoms with van der Waals surface area (Å²) in [6.07, 6.45) is 6.03. The molecular weight excluding hydrogens is 327 g/mol. The van der Waals surface area contributed by atoms with Crippen LogP contribution in [0.2, 0.25) is 0 Å². The number of hydrogen-bond donors (Lipinski definition) is 3. The van der Waals surface area contributed by atoms with Gasteiger partial charge in [0.25, 0.3) is 0 Å². The van der Waals surface area contributed by atoms with E-state index in [4.69, 9.17) is 6.42 Å². The molecule has 2 atom stereocenters. The van der Waals surface area contributed by atoms with Crippen molar-refractivity contribution in [3.8, 4) is 12.3 Å². The van der Waals surface area contributed by atoms with Crippen molar-refractivity contribution in [2.45, 2.75) is 44.7 Å². The van der Waals surface area contributed by atoms with Crippen molar-refractivity contribution in [1.29, 1.82) is 0 Å². The van der Waals surface area contributed by atoms with E-state index in [-0.39, 0.29) is 18.4 Å². The van der Waals surface area contributed by atoms with Crippen LogP contribution in [0.15, 0.2) is 24.3 Å². The minimum Gasteiger partial charge on any atom is -0.480 e. The predicted octanol–water partition coefficient (Wildman–Crippen LogP) is 1.25. The SMILES string of the molecule is C#CCCC[C@@H](NC(=O)[C@H](Cc1ccccc1F)NC(C)=O)C(=O)O. The summed E-state index contributed by atoms with van der Waals surface area (Å²) >= 11 is 0. The van der Waals surface area contributed by atoms with Crippen LogP contribution in [0.5, 0.6) is 0 Å².